The summed E-state index contributed by atoms with van der Waals surface area (Å²) in [4.78, 5) is 3.73. The monoisotopic (exact) mass is 250 g/mol. The molecule has 3 nitrogen and oxygen atoms in total. The minimum absolute atomic E-state index is 0.188. The molecule has 1 heterocycles. The largest absolute Gasteiger partial charge is 0.494 e. The van der Waals surface area contributed by atoms with E-state index in [1.165, 1.54) is 25.3 Å². The van der Waals surface area contributed by atoms with Crippen LogP contribution < -0.4 is 10.1 Å². The lowest BCUT2D eigenvalue weighted by molar-refractivity contribution is 0.386. The summed E-state index contributed by atoms with van der Waals surface area (Å²) in [5.41, 5.74) is 1.28. The van der Waals surface area contributed by atoms with E-state index < -0.39 is 11.6 Å². The first-order valence-electron chi connectivity index (χ1n) is 5.36. The number of pyridine rings is 1. The molecule has 0 aliphatic carbocycles. The van der Waals surface area contributed by atoms with Gasteiger partial charge in [-0.15, -0.1) is 0 Å². The molecule has 1 N–H and O–H groups in total. The van der Waals surface area contributed by atoms with Gasteiger partial charge in [0, 0.05) is 24.5 Å². The number of hydrogen-bond acceptors (Lipinski definition) is 3. The summed E-state index contributed by atoms with van der Waals surface area (Å²) in [5, 5.41) is 2.98. The molecule has 5 heteroatoms. The topological polar surface area (TPSA) is 34.1 Å². The fraction of sp³-hybridized carbons (Fsp3) is 0.154. The van der Waals surface area contributed by atoms with Crippen molar-refractivity contribution in [1.29, 1.82) is 0 Å². The van der Waals surface area contributed by atoms with Crippen molar-refractivity contribution in [2.24, 2.45) is 0 Å². The van der Waals surface area contributed by atoms with Crippen LogP contribution in [0.2, 0.25) is 0 Å². The summed E-state index contributed by atoms with van der Waals surface area (Å²) in [7, 11) is 1.41. The highest BCUT2D eigenvalue weighted by Gasteiger charge is 2.03. The van der Waals surface area contributed by atoms with Crippen molar-refractivity contribution >= 4 is 5.69 Å². The van der Waals surface area contributed by atoms with Crippen LogP contribution in [0.4, 0.5) is 14.5 Å². The molecule has 0 fully saturated rings. The highest BCUT2D eigenvalue weighted by molar-refractivity contribution is 5.47. The Bertz CT molecular complexity index is 546. The second-order valence-corrected chi connectivity index (χ2v) is 3.71. The summed E-state index contributed by atoms with van der Waals surface area (Å²) < 4.78 is 31.1. The predicted octanol–water partition coefficient (Wildman–Crippen LogP) is 2.98. The van der Waals surface area contributed by atoms with Crippen LogP contribution in [-0.2, 0) is 6.54 Å². The van der Waals surface area contributed by atoms with E-state index in [-0.39, 0.29) is 5.75 Å². The van der Waals surface area contributed by atoms with E-state index in [4.69, 9.17) is 4.74 Å². The summed E-state index contributed by atoms with van der Waals surface area (Å²) in [5.74, 6) is -0.650. The molecule has 2 rings (SSSR count). The number of anilines is 1. The number of hydrogen-bond donors (Lipinski definition) is 1. The first-order valence-corrected chi connectivity index (χ1v) is 5.36. The molecule has 2 aromatic rings. The van der Waals surface area contributed by atoms with Gasteiger partial charge in [-0.25, -0.2) is 8.78 Å². The molecule has 0 atom stereocenters. The van der Waals surface area contributed by atoms with Crippen LogP contribution in [-0.4, -0.2) is 12.1 Å². The second kappa shape index (κ2) is 5.44. The third-order valence-electron chi connectivity index (χ3n) is 2.41. The predicted molar refractivity (Wildman–Crippen MR) is 64.5 cm³/mol. The van der Waals surface area contributed by atoms with Crippen molar-refractivity contribution in [1.82, 2.24) is 4.98 Å². The van der Waals surface area contributed by atoms with Gasteiger partial charge in [0.15, 0.2) is 11.6 Å². The average Bonchev–Trinajstić information content (AvgIpc) is 2.37. The van der Waals surface area contributed by atoms with Crippen LogP contribution in [0, 0.1) is 11.6 Å². The average molecular weight is 250 g/mol. The lowest BCUT2D eigenvalue weighted by atomic mass is 10.2. The maximum atomic E-state index is 13.4. The number of halogens is 2. The van der Waals surface area contributed by atoms with Gasteiger partial charge >= 0.3 is 0 Å². The number of ether oxygens (including phenoxy) is 1. The van der Waals surface area contributed by atoms with Crippen LogP contribution in [0.15, 0.2) is 36.7 Å². The molecule has 0 unspecified atom stereocenters. The zero-order valence-electron chi connectivity index (χ0n) is 9.78. The Morgan fingerprint density at radius 3 is 2.72 bits per heavy atom. The number of rotatable bonds is 4. The van der Waals surface area contributed by atoms with Crippen LogP contribution in [0.25, 0.3) is 0 Å². The minimum Gasteiger partial charge on any atom is -0.494 e. The second-order valence-electron chi connectivity index (χ2n) is 3.71. The quantitative estimate of drug-likeness (QED) is 0.905. The molecule has 0 saturated carbocycles. The molecule has 0 aliphatic rings. The molecule has 0 saturated heterocycles. The van der Waals surface area contributed by atoms with Crippen molar-refractivity contribution < 1.29 is 13.5 Å². The van der Waals surface area contributed by atoms with Crippen molar-refractivity contribution in [2.45, 2.75) is 6.54 Å². The summed E-state index contributed by atoms with van der Waals surface area (Å²) >= 11 is 0. The smallest absolute Gasteiger partial charge is 0.167 e. The lowest BCUT2D eigenvalue weighted by Crippen LogP contribution is -2.01. The maximum absolute atomic E-state index is 13.4. The van der Waals surface area contributed by atoms with Gasteiger partial charge in [0.25, 0.3) is 0 Å². The molecule has 0 radical (unpaired) electrons. The molecule has 0 amide bonds. The number of nitrogens with zero attached hydrogens (tertiary/aromatic N) is 1. The van der Waals surface area contributed by atoms with E-state index in [0.29, 0.717) is 17.8 Å². The van der Waals surface area contributed by atoms with Crippen molar-refractivity contribution in [3.8, 4) is 5.75 Å². The Morgan fingerprint density at radius 2 is 2.06 bits per heavy atom. The van der Waals surface area contributed by atoms with Gasteiger partial charge in [0.2, 0.25) is 0 Å². The van der Waals surface area contributed by atoms with Gasteiger partial charge in [-0.1, -0.05) is 0 Å². The first kappa shape index (κ1) is 12.3. The van der Waals surface area contributed by atoms with E-state index >= 15 is 0 Å². The normalized spacial score (nSPS) is 10.2. The molecule has 1 aromatic heterocycles. The number of methoxy groups -OCH3 is 1. The highest BCUT2D eigenvalue weighted by atomic mass is 19.1. The van der Waals surface area contributed by atoms with Gasteiger partial charge in [-0.05, 0) is 23.8 Å². The summed E-state index contributed by atoms with van der Waals surface area (Å²) in [6.07, 6.45) is 2.69. The molecule has 0 spiro atoms. The Morgan fingerprint density at radius 1 is 1.22 bits per heavy atom. The van der Waals surface area contributed by atoms with Gasteiger partial charge in [-0.3, -0.25) is 4.98 Å². The van der Waals surface area contributed by atoms with E-state index in [1.807, 2.05) is 0 Å². The minimum atomic E-state index is -0.445. The Balaban J connectivity index is 2.04. The number of aromatic nitrogens is 1. The lowest BCUT2D eigenvalue weighted by Gasteiger charge is -2.08. The van der Waals surface area contributed by atoms with Crippen LogP contribution in [0.1, 0.15) is 5.56 Å². The van der Waals surface area contributed by atoms with Gasteiger partial charge in [-0.2, -0.15) is 0 Å². The molecular formula is C13H12F2N2O. The SMILES string of the molecule is COc1ccc(NCc2cncc(F)c2)cc1F. The van der Waals surface area contributed by atoms with Crippen LogP contribution >= 0.6 is 0 Å². The number of benzene rings is 1. The fourth-order valence-corrected chi connectivity index (χ4v) is 1.53. The Kier molecular flexibility index (Phi) is 3.72. The third kappa shape index (κ3) is 2.94. The van der Waals surface area contributed by atoms with Gasteiger partial charge < -0.3 is 10.1 Å². The van der Waals surface area contributed by atoms with Gasteiger partial charge in [0.05, 0.1) is 13.3 Å². The van der Waals surface area contributed by atoms with E-state index in [0.717, 1.165) is 6.20 Å². The summed E-state index contributed by atoms with van der Waals surface area (Å²) in [6, 6.07) is 5.92. The van der Waals surface area contributed by atoms with Crippen LogP contribution in [0.3, 0.4) is 0 Å². The van der Waals surface area contributed by atoms with E-state index in [1.54, 1.807) is 12.3 Å². The van der Waals surface area contributed by atoms with E-state index in [9.17, 15) is 8.78 Å². The maximum Gasteiger partial charge on any atom is 0.167 e. The molecular weight excluding hydrogens is 238 g/mol. The van der Waals surface area contributed by atoms with Crippen molar-refractivity contribution in [3.05, 3.63) is 53.9 Å². The third-order valence-corrected chi connectivity index (χ3v) is 2.41. The summed E-state index contributed by atoms with van der Waals surface area (Å²) in [6.45, 7) is 0.372. The standard InChI is InChI=1S/C13H12F2N2O/c1-18-13-3-2-11(5-12(13)15)17-7-9-4-10(14)8-16-6-9/h2-6,8,17H,7H2,1H3. The number of nitrogens with one attached hydrogen (secondary N) is 1. The molecule has 18 heavy (non-hydrogen) atoms. The fourth-order valence-electron chi connectivity index (χ4n) is 1.53. The van der Waals surface area contributed by atoms with Gasteiger partial charge in [0.1, 0.15) is 5.82 Å². The molecule has 1 aromatic carbocycles. The molecule has 0 bridgehead atoms. The first-order chi connectivity index (χ1) is 8.69. The zero-order valence-corrected chi connectivity index (χ0v) is 9.78. The van der Waals surface area contributed by atoms with Crippen LogP contribution in [0.5, 0.6) is 5.75 Å². The Hall–Kier alpha value is -2.17. The van der Waals surface area contributed by atoms with E-state index in [2.05, 4.69) is 10.3 Å². The Labute approximate surface area is 103 Å². The zero-order chi connectivity index (χ0) is 13.0. The molecule has 94 valence electrons. The highest BCUT2D eigenvalue weighted by Crippen LogP contribution is 2.20. The van der Waals surface area contributed by atoms with Crippen molar-refractivity contribution in [2.75, 3.05) is 12.4 Å². The van der Waals surface area contributed by atoms with Crippen molar-refractivity contribution in [3.63, 3.8) is 0 Å². The molecule has 0 aliphatic heterocycles.